The molecule has 7 heteroatoms. The van der Waals surface area contributed by atoms with Gasteiger partial charge in [-0.1, -0.05) is 19.3 Å². The fourth-order valence-corrected chi connectivity index (χ4v) is 2.81. The van der Waals surface area contributed by atoms with Crippen LogP contribution in [0.25, 0.3) is 0 Å². The normalized spacial score (nSPS) is 15.5. The molecule has 0 saturated heterocycles. The zero-order valence-corrected chi connectivity index (χ0v) is 13.2. The number of carbonyl (C=O) groups excluding carboxylic acids is 1. The van der Waals surface area contributed by atoms with Gasteiger partial charge >= 0.3 is 12.0 Å². The molecule has 1 aliphatic carbocycles. The van der Waals surface area contributed by atoms with Gasteiger partial charge in [0.25, 0.3) is 0 Å². The summed E-state index contributed by atoms with van der Waals surface area (Å²) in [6.45, 7) is 2.16. The molecular formula is C15H24N4O3. The SMILES string of the molecule is Cc1cc(NC(=O)N(C)CCC(=O)O)nn1C1CCCCC1. The van der Waals surface area contributed by atoms with E-state index in [1.807, 2.05) is 17.7 Å². The molecule has 1 heterocycles. The van der Waals surface area contributed by atoms with Gasteiger partial charge in [-0.2, -0.15) is 5.10 Å². The molecule has 22 heavy (non-hydrogen) atoms. The number of hydrogen-bond acceptors (Lipinski definition) is 3. The lowest BCUT2D eigenvalue weighted by Crippen LogP contribution is -2.33. The minimum absolute atomic E-state index is 0.0700. The number of anilines is 1. The van der Waals surface area contributed by atoms with E-state index in [1.165, 1.54) is 24.2 Å². The molecule has 0 radical (unpaired) electrons. The van der Waals surface area contributed by atoms with Crippen LogP contribution in [0.3, 0.4) is 0 Å². The van der Waals surface area contributed by atoms with Crippen molar-refractivity contribution in [3.05, 3.63) is 11.8 Å². The summed E-state index contributed by atoms with van der Waals surface area (Å²) in [6, 6.07) is 1.94. The molecule has 0 aromatic carbocycles. The average Bonchev–Trinajstić information content (AvgIpc) is 2.86. The predicted octanol–water partition coefficient (Wildman–Crippen LogP) is 2.64. The maximum absolute atomic E-state index is 12.0. The monoisotopic (exact) mass is 308 g/mol. The van der Waals surface area contributed by atoms with Crippen molar-refractivity contribution in [2.75, 3.05) is 18.9 Å². The molecule has 1 aromatic rings. The van der Waals surface area contributed by atoms with Gasteiger partial charge in [0.05, 0.1) is 12.5 Å². The number of hydrogen-bond donors (Lipinski definition) is 2. The molecule has 1 fully saturated rings. The van der Waals surface area contributed by atoms with Crippen LogP contribution in [0.5, 0.6) is 0 Å². The Labute approximate surface area is 130 Å². The van der Waals surface area contributed by atoms with Gasteiger partial charge in [-0.05, 0) is 19.8 Å². The molecule has 0 unspecified atom stereocenters. The minimum Gasteiger partial charge on any atom is -0.481 e. The third kappa shape index (κ3) is 4.22. The number of aryl methyl sites for hydroxylation is 1. The van der Waals surface area contributed by atoms with Crippen LogP contribution in [0, 0.1) is 6.92 Å². The summed E-state index contributed by atoms with van der Waals surface area (Å²) in [5.41, 5.74) is 1.04. The van der Waals surface area contributed by atoms with Gasteiger partial charge in [-0.15, -0.1) is 0 Å². The standard InChI is InChI=1S/C15H24N4O3/c1-11-10-13(16-15(22)18(2)9-8-14(20)21)17-19(11)12-6-4-3-5-7-12/h10,12H,3-9H2,1-2H3,(H,20,21)(H,16,17,22). The Morgan fingerprint density at radius 2 is 2.09 bits per heavy atom. The van der Waals surface area contributed by atoms with E-state index in [-0.39, 0.29) is 19.0 Å². The van der Waals surface area contributed by atoms with Crippen LogP contribution in [0.1, 0.15) is 50.3 Å². The number of carboxylic acids is 1. The van der Waals surface area contributed by atoms with Gasteiger partial charge in [0.15, 0.2) is 5.82 Å². The molecular weight excluding hydrogens is 284 g/mol. The van der Waals surface area contributed by atoms with E-state index in [4.69, 9.17) is 5.11 Å². The molecule has 122 valence electrons. The highest BCUT2D eigenvalue weighted by Crippen LogP contribution is 2.29. The van der Waals surface area contributed by atoms with Gasteiger partial charge in [0, 0.05) is 25.4 Å². The summed E-state index contributed by atoms with van der Waals surface area (Å²) in [5.74, 6) is -0.396. The van der Waals surface area contributed by atoms with E-state index >= 15 is 0 Å². The summed E-state index contributed by atoms with van der Waals surface area (Å²) in [6.07, 6.45) is 5.93. The zero-order valence-electron chi connectivity index (χ0n) is 13.2. The van der Waals surface area contributed by atoms with Crippen LogP contribution in [-0.4, -0.2) is 45.4 Å². The summed E-state index contributed by atoms with van der Waals surface area (Å²) < 4.78 is 2.01. The Morgan fingerprint density at radius 1 is 1.41 bits per heavy atom. The molecule has 1 aromatic heterocycles. The second-order valence-corrected chi connectivity index (χ2v) is 5.90. The average molecular weight is 308 g/mol. The van der Waals surface area contributed by atoms with Crippen molar-refractivity contribution in [1.82, 2.24) is 14.7 Å². The van der Waals surface area contributed by atoms with Gasteiger partial charge in [0.2, 0.25) is 0 Å². The third-order valence-electron chi connectivity index (χ3n) is 4.09. The second-order valence-electron chi connectivity index (χ2n) is 5.90. The maximum Gasteiger partial charge on any atom is 0.322 e. The van der Waals surface area contributed by atoms with E-state index in [0.717, 1.165) is 18.5 Å². The highest BCUT2D eigenvalue weighted by Gasteiger charge is 2.19. The van der Waals surface area contributed by atoms with Crippen molar-refractivity contribution in [2.24, 2.45) is 0 Å². The lowest BCUT2D eigenvalue weighted by molar-refractivity contribution is -0.137. The molecule has 1 saturated carbocycles. The van der Waals surface area contributed by atoms with Gasteiger partial charge in [-0.3, -0.25) is 14.8 Å². The zero-order chi connectivity index (χ0) is 16.1. The summed E-state index contributed by atoms with van der Waals surface area (Å²) in [4.78, 5) is 23.9. The quantitative estimate of drug-likeness (QED) is 0.875. The van der Waals surface area contributed by atoms with Gasteiger partial charge in [-0.25, -0.2) is 4.79 Å². The number of nitrogens with one attached hydrogen (secondary N) is 1. The topological polar surface area (TPSA) is 87.5 Å². The molecule has 0 spiro atoms. The van der Waals surface area contributed by atoms with E-state index < -0.39 is 5.97 Å². The van der Waals surface area contributed by atoms with Crippen molar-refractivity contribution in [3.8, 4) is 0 Å². The molecule has 2 rings (SSSR count). The van der Waals surface area contributed by atoms with Crippen molar-refractivity contribution < 1.29 is 14.7 Å². The fourth-order valence-electron chi connectivity index (χ4n) is 2.81. The van der Waals surface area contributed by atoms with E-state index in [0.29, 0.717) is 11.9 Å². The summed E-state index contributed by atoms with van der Waals surface area (Å²) in [7, 11) is 1.57. The first-order chi connectivity index (χ1) is 10.5. The molecule has 2 amide bonds. The van der Waals surface area contributed by atoms with Crippen molar-refractivity contribution in [1.29, 1.82) is 0 Å². The number of carboxylic acid groups (broad SMARTS) is 1. The Hall–Kier alpha value is -2.05. The van der Waals surface area contributed by atoms with Crippen LogP contribution >= 0.6 is 0 Å². The summed E-state index contributed by atoms with van der Waals surface area (Å²) >= 11 is 0. The molecule has 2 N–H and O–H groups in total. The van der Waals surface area contributed by atoms with E-state index in [9.17, 15) is 9.59 Å². The first kappa shape index (κ1) is 16.3. The van der Waals surface area contributed by atoms with Gasteiger partial charge in [0.1, 0.15) is 0 Å². The van der Waals surface area contributed by atoms with Crippen molar-refractivity contribution in [3.63, 3.8) is 0 Å². The van der Waals surface area contributed by atoms with E-state index in [2.05, 4.69) is 10.4 Å². The van der Waals surface area contributed by atoms with Gasteiger partial charge < -0.3 is 10.0 Å². The number of nitrogens with zero attached hydrogens (tertiary/aromatic N) is 3. The fraction of sp³-hybridized carbons (Fsp3) is 0.667. The number of rotatable bonds is 5. The minimum atomic E-state index is -0.919. The van der Waals surface area contributed by atoms with Crippen LogP contribution in [-0.2, 0) is 4.79 Å². The molecule has 7 nitrogen and oxygen atoms in total. The Balaban J connectivity index is 1.95. The lowest BCUT2D eigenvalue weighted by atomic mass is 9.95. The summed E-state index contributed by atoms with van der Waals surface area (Å²) in [5, 5.41) is 15.9. The third-order valence-corrected chi connectivity index (χ3v) is 4.09. The largest absolute Gasteiger partial charge is 0.481 e. The molecule has 0 bridgehead atoms. The highest BCUT2D eigenvalue weighted by molar-refractivity contribution is 5.88. The molecule has 0 atom stereocenters. The van der Waals surface area contributed by atoms with Crippen LogP contribution < -0.4 is 5.32 Å². The predicted molar refractivity (Wildman–Crippen MR) is 83.0 cm³/mol. The maximum atomic E-state index is 12.0. The number of carbonyl (C=O) groups is 2. The smallest absolute Gasteiger partial charge is 0.322 e. The lowest BCUT2D eigenvalue weighted by Gasteiger charge is -2.23. The van der Waals surface area contributed by atoms with Crippen molar-refractivity contribution >= 4 is 17.8 Å². The Kier molecular flexibility index (Phi) is 5.41. The van der Waals surface area contributed by atoms with E-state index in [1.54, 1.807) is 7.05 Å². The molecule has 1 aliphatic rings. The Morgan fingerprint density at radius 3 is 2.73 bits per heavy atom. The number of urea groups is 1. The van der Waals surface area contributed by atoms with Crippen LogP contribution in [0.4, 0.5) is 10.6 Å². The number of amides is 2. The van der Waals surface area contributed by atoms with Crippen LogP contribution in [0.15, 0.2) is 6.07 Å². The van der Waals surface area contributed by atoms with Crippen LogP contribution in [0.2, 0.25) is 0 Å². The van der Waals surface area contributed by atoms with Crippen molar-refractivity contribution in [2.45, 2.75) is 51.5 Å². The highest BCUT2D eigenvalue weighted by atomic mass is 16.4. The number of aromatic nitrogens is 2. The first-order valence-corrected chi connectivity index (χ1v) is 7.77. The number of aliphatic carboxylic acids is 1. The molecule has 0 aliphatic heterocycles. The Bertz CT molecular complexity index is 535. The second kappa shape index (κ2) is 7.29. The first-order valence-electron chi connectivity index (χ1n) is 7.77.